The number of ether oxygens (including phenoxy) is 1. The van der Waals surface area contributed by atoms with Crippen molar-refractivity contribution < 1.29 is 14.3 Å². The molecule has 0 aliphatic heterocycles. The maximum Gasteiger partial charge on any atom is 0.265 e. The van der Waals surface area contributed by atoms with E-state index >= 15 is 0 Å². The highest BCUT2D eigenvalue weighted by atomic mass is 79.9. The van der Waals surface area contributed by atoms with Gasteiger partial charge in [0.1, 0.15) is 5.75 Å². The van der Waals surface area contributed by atoms with Gasteiger partial charge in [-0.25, -0.2) is 0 Å². The Morgan fingerprint density at radius 3 is 2.15 bits per heavy atom. The minimum atomic E-state index is -0.645. The molecule has 1 N–H and O–H groups in total. The maximum absolute atomic E-state index is 12.3. The van der Waals surface area contributed by atoms with Crippen LogP contribution in [-0.4, -0.2) is 35.9 Å². The van der Waals surface area contributed by atoms with Gasteiger partial charge >= 0.3 is 0 Å². The molecule has 2 aromatic rings. The van der Waals surface area contributed by atoms with E-state index in [0.717, 1.165) is 4.47 Å². The van der Waals surface area contributed by atoms with Crippen molar-refractivity contribution in [3.05, 3.63) is 58.6 Å². The Balaban J connectivity index is 1.96. The summed E-state index contributed by atoms with van der Waals surface area (Å²) in [6.45, 7) is 6.92. The van der Waals surface area contributed by atoms with Gasteiger partial charge in [-0.15, -0.1) is 0 Å². The van der Waals surface area contributed by atoms with Crippen LogP contribution in [0.3, 0.4) is 0 Å². The Bertz CT molecular complexity index is 741. The number of rotatable bonds is 7. The van der Waals surface area contributed by atoms with Crippen molar-refractivity contribution >= 4 is 33.4 Å². The summed E-state index contributed by atoms with van der Waals surface area (Å²) >= 11 is 3.36. The quantitative estimate of drug-likeness (QED) is 0.727. The fourth-order valence-electron chi connectivity index (χ4n) is 2.40. The molecule has 26 heavy (non-hydrogen) atoms. The van der Waals surface area contributed by atoms with Crippen molar-refractivity contribution in [2.24, 2.45) is 0 Å². The van der Waals surface area contributed by atoms with Gasteiger partial charge in [-0.3, -0.25) is 9.59 Å². The van der Waals surface area contributed by atoms with E-state index in [-0.39, 0.29) is 11.8 Å². The van der Waals surface area contributed by atoms with E-state index in [1.807, 2.05) is 26.0 Å². The number of carbonyl (C=O) groups is 2. The number of carbonyl (C=O) groups excluding carboxylic acids is 2. The molecular weight excluding hydrogens is 396 g/mol. The summed E-state index contributed by atoms with van der Waals surface area (Å²) in [7, 11) is 0. The Morgan fingerprint density at radius 1 is 1.04 bits per heavy atom. The zero-order valence-electron chi connectivity index (χ0n) is 15.2. The number of nitrogens with zero attached hydrogens (tertiary/aromatic N) is 1. The van der Waals surface area contributed by atoms with Gasteiger partial charge in [-0.05, 0) is 69.3 Å². The molecule has 2 rings (SSSR count). The number of amides is 2. The van der Waals surface area contributed by atoms with Gasteiger partial charge in [0.05, 0.1) is 0 Å². The summed E-state index contributed by atoms with van der Waals surface area (Å²) in [6, 6.07) is 14.2. The lowest BCUT2D eigenvalue weighted by Gasteiger charge is -2.19. The lowest BCUT2D eigenvalue weighted by molar-refractivity contribution is -0.122. The molecule has 1 atom stereocenters. The first-order valence-electron chi connectivity index (χ1n) is 8.57. The number of hydrogen-bond donors (Lipinski definition) is 1. The normalized spacial score (nSPS) is 11.5. The molecule has 0 aliphatic carbocycles. The lowest BCUT2D eigenvalue weighted by atomic mass is 10.1. The average molecular weight is 419 g/mol. The highest BCUT2D eigenvalue weighted by Gasteiger charge is 2.16. The van der Waals surface area contributed by atoms with Gasteiger partial charge in [0.2, 0.25) is 0 Å². The van der Waals surface area contributed by atoms with Crippen molar-refractivity contribution in [2.45, 2.75) is 26.9 Å². The summed E-state index contributed by atoms with van der Waals surface area (Å²) in [5, 5.41) is 2.80. The van der Waals surface area contributed by atoms with Crippen molar-refractivity contribution in [3.63, 3.8) is 0 Å². The monoisotopic (exact) mass is 418 g/mol. The molecule has 0 saturated carbocycles. The lowest BCUT2D eigenvalue weighted by Crippen LogP contribution is -2.31. The Kier molecular flexibility index (Phi) is 7.21. The summed E-state index contributed by atoms with van der Waals surface area (Å²) in [6.07, 6.45) is -0.645. The minimum Gasteiger partial charge on any atom is -0.481 e. The van der Waals surface area contributed by atoms with Crippen molar-refractivity contribution in [1.82, 2.24) is 4.90 Å². The smallest absolute Gasteiger partial charge is 0.265 e. The van der Waals surface area contributed by atoms with Crippen molar-refractivity contribution in [1.29, 1.82) is 0 Å². The van der Waals surface area contributed by atoms with Gasteiger partial charge in [0.25, 0.3) is 11.8 Å². The fourth-order valence-corrected chi connectivity index (χ4v) is 2.67. The molecule has 0 spiro atoms. The van der Waals surface area contributed by atoms with Crippen LogP contribution >= 0.6 is 15.9 Å². The van der Waals surface area contributed by atoms with E-state index in [4.69, 9.17) is 4.74 Å². The van der Waals surface area contributed by atoms with Crippen LogP contribution in [0.25, 0.3) is 0 Å². The van der Waals surface area contributed by atoms with Crippen LogP contribution in [0.2, 0.25) is 0 Å². The third kappa shape index (κ3) is 5.33. The molecule has 0 heterocycles. The van der Waals surface area contributed by atoms with Gasteiger partial charge in [0, 0.05) is 28.8 Å². The van der Waals surface area contributed by atoms with Crippen LogP contribution in [0.15, 0.2) is 53.0 Å². The molecule has 5 nitrogen and oxygen atoms in total. The predicted molar refractivity (Wildman–Crippen MR) is 107 cm³/mol. The summed E-state index contributed by atoms with van der Waals surface area (Å²) in [4.78, 5) is 26.3. The van der Waals surface area contributed by atoms with Gasteiger partial charge in [0.15, 0.2) is 6.10 Å². The number of nitrogens with one attached hydrogen (secondary N) is 1. The van der Waals surface area contributed by atoms with E-state index < -0.39 is 6.10 Å². The van der Waals surface area contributed by atoms with Crippen LogP contribution in [0.4, 0.5) is 5.69 Å². The first-order chi connectivity index (χ1) is 12.4. The molecule has 6 heteroatoms. The van der Waals surface area contributed by atoms with Gasteiger partial charge < -0.3 is 15.0 Å². The second kappa shape index (κ2) is 9.38. The van der Waals surface area contributed by atoms with E-state index in [0.29, 0.717) is 30.1 Å². The molecular formula is C20H23BrN2O3. The predicted octanol–water partition coefficient (Wildman–Crippen LogP) is 4.34. The highest BCUT2D eigenvalue weighted by molar-refractivity contribution is 9.10. The van der Waals surface area contributed by atoms with Gasteiger partial charge in [-0.2, -0.15) is 0 Å². The average Bonchev–Trinajstić information content (AvgIpc) is 2.65. The highest BCUT2D eigenvalue weighted by Crippen LogP contribution is 2.18. The molecule has 0 bridgehead atoms. The Hall–Kier alpha value is -2.34. The third-order valence-corrected chi connectivity index (χ3v) is 4.47. The van der Waals surface area contributed by atoms with Crippen LogP contribution in [0, 0.1) is 0 Å². The SMILES string of the molecule is CCN(CC)C(=O)c1ccc(NC(=O)[C@@H](C)Oc2ccc(Br)cc2)cc1. The van der Waals surface area contributed by atoms with Crippen LogP contribution in [0.1, 0.15) is 31.1 Å². The van der Waals surface area contributed by atoms with E-state index in [9.17, 15) is 9.59 Å². The molecule has 2 aromatic carbocycles. The Labute approximate surface area is 162 Å². The van der Waals surface area contributed by atoms with Crippen molar-refractivity contribution in [3.8, 4) is 5.75 Å². The topological polar surface area (TPSA) is 58.6 Å². The number of halogens is 1. The molecule has 138 valence electrons. The fraction of sp³-hybridized carbons (Fsp3) is 0.300. The van der Waals surface area contributed by atoms with E-state index in [2.05, 4.69) is 21.2 Å². The van der Waals surface area contributed by atoms with E-state index in [1.54, 1.807) is 48.2 Å². The van der Waals surface area contributed by atoms with Crippen LogP contribution < -0.4 is 10.1 Å². The minimum absolute atomic E-state index is 0.0141. The molecule has 0 aromatic heterocycles. The molecule has 0 saturated heterocycles. The van der Waals surface area contributed by atoms with E-state index in [1.165, 1.54) is 0 Å². The molecule has 0 aliphatic rings. The van der Waals surface area contributed by atoms with Crippen LogP contribution in [0.5, 0.6) is 5.75 Å². The second-order valence-electron chi connectivity index (χ2n) is 5.76. The molecule has 0 fully saturated rings. The van der Waals surface area contributed by atoms with Gasteiger partial charge in [-0.1, -0.05) is 15.9 Å². The molecule has 0 unspecified atom stereocenters. The number of anilines is 1. The van der Waals surface area contributed by atoms with Crippen molar-refractivity contribution in [2.75, 3.05) is 18.4 Å². The summed E-state index contributed by atoms with van der Waals surface area (Å²) in [5.74, 6) is 0.353. The maximum atomic E-state index is 12.3. The largest absolute Gasteiger partial charge is 0.481 e. The summed E-state index contributed by atoms with van der Waals surface area (Å²) in [5.41, 5.74) is 1.23. The summed E-state index contributed by atoms with van der Waals surface area (Å²) < 4.78 is 6.58. The number of hydrogen-bond acceptors (Lipinski definition) is 3. The molecule has 0 radical (unpaired) electrons. The third-order valence-electron chi connectivity index (χ3n) is 3.95. The Morgan fingerprint density at radius 2 is 1.62 bits per heavy atom. The zero-order valence-corrected chi connectivity index (χ0v) is 16.7. The first kappa shape index (κ1) is 20.0. The molecule has 2 amide bonds. The standard InChI is InChI=1S/C20H23BrN2O3/c1-4-23(5-2)20(25)15-6-10-17(11-7-15)22-19(24)14(3)26-18-12-8-16(21)9-13-18/h6-14H,4-5H2,1-3H3,(H,22,24)/t14-/m1/s1. The van der Waals surface area contributed by atoms with Crippen LogP contribution in [-0.2, 0) is 4.79 Å². The second-order valence-corrected chi connectivity index (χ2v) is 6.67. The number of benzene rings is 2. The first-order valence-corrected chi connectivity index (χ1v) is 9.36. The zero-order chi connectivity index (χ0) is 19.1.